The van der Waals surface area contributed by atoms with Gasteiger partial charge in [0.05, 0.1) is 40.3 Å². The summed E-state index contributed by atoms with van der Waals surface area (Å²) in [5, 5.41) is 2.64. The Morgan fingerprint density at radius 2 is 1.85 bits per heavy atom. The van der Waals surface area contributed by atoms with Crippen molar-refractivity contribution < 1.29 is 28.6 Å². The van der Waals surface area contributed by atoms with Gasteiger partial charge in [0.1, 0.15) is 12.1 Å². The first kappa shape index (κ1) is 22.6. The first-order valence-corrected chi connectivity index (χ1v) is 10.8. The Morgan fingerprint density at radius 1 is 1.09 bits per heavy atom. The van der Waals surface area contributed by atoms with Crippen molar-refractivity contribution in [2.45, 2.75) is 25.1 Å². The molecule has 2 aliphatic heterocycles. The summed E-state index contributed by atoms with van der Waals surface area (Å²) >= 11 is 0. The van der Waals surface area contributed by atoms with Crippen LogP contribution < -0.4 is 14.8 Å². The van der Waals surface area contributed by atoms with Gasteiger partial charge in [0.2, 0.25) is 5.91 Å². The first-order chi connectivity index (χ1) is 16.0. The van der Waals surface area contributed by atoms with Crippen LogP contribution in [0.5, 0.6) is 11.5 Å². The van der Waals surface area contributed by atoms with Crippen LogP contribution in [0.3, 0.4) is 0 Å². The second kappa shape index (κ2) is 9.91. The third-order valence-corrected chi connectivity index (χ3v) is 5.86. The van der Waals surface area contributed by atoms with Crippen molar-refractivity contribution in [1.82, 2.24) is 15.1 Å². The van der Waals surface area contributed by atoms with Crippen molar-refractivity contribution in [1.29, 1.82) is 0 Å². The SMILES string of the molecule is COc1ccc(CN2C(=O)N[C@@H](CC(=O)N3CCO[C@@H](c4ccccc4)C3)C2=O)cc1OC. The number of benzene rings is 2. The standard InChI is InChI=1S/C24H27N3O6/c1-31-19-9-8-16(12-20(19)32-2)14-27-23(29)18(25-24(27)30)13-22(28)26-10-11-33-21(15-26)17-6-4-3-5-7-17/h3-9,12,18,21H,10-11,13-15H2,1-2H3,(H,25,30)/t18-,21+/m0/s1. The van der Waals surface area contributed by atoms with E-state index in [0.717, 1.165) is 10.5 Å². The highest BCUT2D eigenvalue weighted by atomic mass is 16.5. The van der Waals surface area contributed by atoms with Crippen molar-refractivity contribution in [3.05, 3.63) is 59.7 Å². The monoisotopic (exact) mass is 453 g/mol. The van der Waals surface area contributed by atoms with Crippen LogP contribution in [0.4, 0.5) is 4.79 Å². The lowest BCUT2D eigenvalue weighted by molar-refractivity contribution is -0.141. The van der Waals surface area contributed by atoms with Crippen LogP contribution >= 0.6 is 0 Å². The number of rotatable bonds is 7. The van der Waals surface area contributed by atoms with E-state index in [9.17, 15) is 14.4 Å². The van der Waals surface area contributed by atoms with Gasteiger partial charge in [-0.25, -0.2) is 4.79 Å². The van der Waals surface area contributed by atoms with E-state index in [-0.39, 0.29) is 25.0 Å². The molecule has 2 aromatic rings. The molecular formula is C24H27N3O6. The fourth-order valence-corrected chi connectivity index (χ4v) is 4.08. The maximum absolute atomic E-state index is 12.9. The molecule has 9 nitrogen and oxygen atoms in total. The molecule has 4 amide bonds. The molecule has 1 N–H and O–H groups in total. The van der Waals surface area contributed by atoms with Crippen LogP contribution in [-0.2, 0) is 20.9 Å². The average molecular weight is 453 g/mol. The highest BCUT2D eigenvalue weighted by molar-refractivity contribution is 6.05. The topological polar surface area (TPSA) is 97.4 Å². The van der Waals surface area contributed by atoms with Gasteiger partial charge in [0.25, 0.3) is 5.91 Å². The van der Waals surface area contributed by atoms with E-state index in [1.165, 1.54) is 14.2 Å². The van der Waals surface area contributed by atoms with Crippen molar-refractivity contribution in [2.24, 2.45) is 0 Å². The Hall–Kier alpha value is -3.59. The highest BCUT2D eigenvalue weighted by Crippen LogP contribution is 2.29. The van der Waals surface area contributed by atoms with Crippen molar-refractivity contribution in [3.63, 3.8) is 0 Å². The minimum atomic E-state index is -0.886. The maximum atomic E-state index is 12.9. The smallest absolute Gasteiger partial charge is 0.325 e. The average Bonchev–Trinajstić information content (AvgIpc) is 3.11. The Labute approximate surface area is 192 Å². The molecule has 2 aliphatic rings. The fourth-order valence-electron chi connectivity index (χ4n) is 4.08. The summed E-state index contributed by atoms with van der Waals surface area (Å²) in [5.74, 6) is 0.456. The van der Waals surface area contributed by atoms with E-state index in [2.05, 4.69) is 5.32 Å². The van der Waals surface area contributed by atoms with E-state index < -0.39 is 18.0 Å². The van der Waals surface area contributed by atoms with Crippen LogP contribution in [-0.4, -0.2) is 67.6 Å². The van der Waals surface area contributed by atoms with Crippen molar-refractivity contribution >= 4 is 17.8 Å². The lowest BCUT2D eigenvalue weighted by atomic mass is 10.1. The molecule has 174 valence electrons. The Morgan fingerprint density at radius 3 is 2.58 bits per heavy atom. The Bertz CT molecular complexity index is 1030. The number of carbonyl (C=O) groups excluding carboxylic acids is 3. The van der Waals surface area contributed by atoms with Crippen LogP contribution in [0, 0.1) is 0 Å². The van der Waals surface area contributed by atoms with Gasteiger partial charge in [-0.05, 0) is 23.3 Å². The largest absolute Gasteiger partial charge is 0.493 e. The number of nitrogens with zero attached hydrogens (tertiary/aromatic N) is 2. The summed E-state index contributed by atoms with van der Waals surface area (Å²) in [6.45, 7) is 1.35. The second-order valence-corrected chi connectivity index (χ2v) is 7.93. The third kappa shape index (κ3) is 4.93. The molecule has 0 spiro atoms. The van der Waals surface area contributed by atoms with Gasteiger partial charge in [-0.3, -0.25) is 14.5 Å². The maximum Gasteiger partial charge on any atom is 0.325 e. The van der Waals surface area contributed by atoms with Gasteiger partial charge in [0, 0.05) is 6.54 Å². The molecule has 33 heavy (non-hydrogen) atoms. The summed E-state index contributed by atoms with van der Waals surface area (Å²) in [6, 6.07) is 13.5. The lowest BCUT2D eigenvalue weighted by Crippen LogP contribution is -2.45. The Kier molecular flexibility index (Phi) is 6.79. The Balaban J connectivity index is 1.38. The minimum absolute atomic E-state index is 0.0728. The third-order valence-electron chi connectivity index (χ3n) is 5.86. The van der Waals surface area contributed by atoms with E-state index in [4.69, 9.17) is 14.2 Å². The molecule has 4 rings (SSSR count). The molecule has 0 aromatic heterocycles. The van der Waals surface area contributed by atoms with Crippen LogP contribution in [0.1, 0.15) is 23.7 Å². The molecule has 9 heteroatoms. The summed E-state index contributed by atoms with van der Waals surface area (Å²) in [6.07, 6.45) is -0.298. The summed E-state index contributed by atoms with van der Waals surface area (Å²) in [4.78, 5) is 41.1. The number of hydrogen-bond donors (Lipinski definition) is 1. The van der Waals surface area contributed by atoms with Gasteiger partial charge in [0.15, 0.2) is 11.5 Å². The van der Waals surface area contributed by atoms with E-state index in [1.807, 2.05) is 30.3 Å². The highest BCUT2D eigenvalue weighted by Gasteiger charge is 2.40. The van der Waals surface area contributed by atoms with Crippen molar-refractivity contribution in [2.75, 3.05) is 33.9 Å². The zero-order chi connectivity index (χ0) is 23.4. The number of ether oxygens (including phenoxy) is 3. The number of hydrogen-bond acceptors (Lipinski definition) is 6. The van der Waals surface area contributed by atoms with Gasteiger partial charge in [-0.1, -0.05) is 36.4 Å². The zero-order valence-corrected chi connectivity index (χ0v) is 18.7. The normalized spacial score (nSPS) is 20.5. The first-order valence-electron chi connectivity index (χ1n) is 10.8. The van der Waals surface area contributed by atoms with E-state index in [1.54, 1.807) is 23.1 Å². The molecule has 2 saturated heterocycles. The van der Waals surface area contributed by atoms with Gasteiger partial charge in [-0.2, -0.15) is 0 Å². The summed E-state index contributed by atoms with van der Waals surface area (Å²) < 4.78 is 16.3. The van der Waals surface area contributed by atoms with Crippen molar-refractivity contribution in [3.8, 4) is 11.5 Å². The number of nitrogens with one attached hydrogen (secondary N) is 1. The number of carbonyl (C=O) groups is 3. The van der Waals surface area contributed by atoms with Crippen LogP contribution in [0.25, 0.3) is 0 Å². The molecule has 2 atom stereocenters. The number of imide groups is 1. The minimum Gasteiger partial charge on any atom is -0.493 e. The fraction of sp³-hybridized carbons (Fsp3) is 0.375. The number of amides is 4. The molecule has 0 saturated carbocycles. The predicted molar refractivity (Wildman–Crippen MR) is 119 cm³/mol. The molecular weight excluding hydrogens is 426 g/mol. The number of methoxy groups -OCH3 is 2. The molecule has 2 fully saturated rings. The summed E-state index contributed by atoms with van der Waals surface area (Å²) in [7, 11) is 3.05. The van der Waals surface area contributed by atoms with Gasteiger partial charge >= 0.3 is 6.03 Å². The molecule has 0 bridgehead atoms. The number of urea groups is 1. The predicted octanol–water partition coefficient (Wildman–Crippen LogP) is 2.11. The molecule has 0 aliphatic carbocycles. The van der Waals surface area contributed by atoms with E-state index in [0.29, 0.717) is 36.8 Å². The van der Waals surface area contributed by atoms with Gasteiger partial charge in [-0.15, -0.1) is 0 Å². The molecule has 0 radical (unpaired) electrons. The van der Waals surface area contributed by atoms with E-state index >= 15 is 0 Å². The van der Waals surface area contributed by atoms with Crippen LogP contribution in [0.15, 0.2) is 48.5 Å². The summed E-state index contributed by atoms with van der Waals surface area (Å²) in [5.41, 5.74) is 1.71. The van der Waals surface area contributed by atoms with Crippen LogP contribution in [0.2, 0.25) is 0 Å². The lowest BCUT2D eigenvalue weighted by Gasteiger charge is -2.33. The molecule has 2 aromatic carbocycles. The number of morpholine rings is 1. The van der Waals surface area contributed by atoms with Gasteiger partial charge < -0.3 is 24.4 Å². The quantitative estimate of drug-likeness (QED) is 0.645. The molecule has 2 heterocycles. The zero-order valence-electron chi connectivity index (χ0n) is 18.7. The second-order valence-electron chi connectivity index (χ2n) is 7.93. The molecule has 0 unspecified atom stereocenters.